The van der Waals surface area contributed by atoms with Gasteiger partial charge in [0.2, 0.25) is 5.91 Å². The Kier molecular flexibility index (Phi) is 5.76. The molecule has 2 rings (SSSR count). The number of ether oxygens (including phenoxy) is 2. The lowest BCUT2D eigenvalue weighted by molar-refractivity contribution is -0.188. The minimum Gasteiger partial charge on any atom is -0.497 e. The highest BCUT2D eigenvalue weighted by Gasteiger charge is 2.53. The van der Waals surface area contributed by atoms with Crippen molar-refractivity contribution < 1.29 is 37.3 Å². The highest BCUT2D eigenvalue weighted by atomic mass is 19.4. The lowest BCUT2D eigenvalue weighted by Crippen LogP contribution is -2.34. The summed E-state index contributed by atoms with van der Waals surface area (Å²) in [6.45, 7) is -1.10. The average molecular weight is 361 g/mol. The average Bonchev–Trinajstić information content (AvgIpc) is 3.01. The smallest absolute Gasteiger partial charge is 0.394 e. The van der Waals surface area contributed by atoms with E-state index in [1.807, 2.05) is 0 Å². The van der Waals surface area contributed by atoms with Gasteiger partial charge in [-0.05, 0) is 24.3 Å². The summed E-state index contributed by atoms with van der Waals surface area (Å²) >= 11 is 0. The van der Waals surface area contributed by atoms with E-state index in [0.29, 0.717) is 11.5 Å². The van der Waals surface area contributed by atoms with Crippen LogP contribution in [0.15, 0.2) is 24.3 Å². The Balaban J connectivity index is 1.87. The largest absolute Gasteiger partial charge is 0.497 e. The van der Waals surface area contributed by atoms with Gasteiger partial charge in [-0.2, -0.15) is 13.2 Å². The number of hydrogen-bond donors (Lipinski definition) is 1. The SMILES string of the molecule is COc1ccc(OCCC(=O)N2C[C@@H](C(F)(F)F)[C@H](C(=O)O)C2)cc1. The fourth-order valence-corrected chi connectivity index (χ4v) is 2.68. The van der Waals surface area contributed by atoms with Crippen LogP contribution in [0.4, 0.5) is 13.2 Å². The van der Waals surface area contributed by atoms with Crippen molar-refractivity contribution in [3.8, 4) is 11.5 Å². The number of aliphatic carboxylic acids is 1. The van der Waals surface area contributed by atoms with Crippen LogP contribution in [0.1, 0.15) is 6.42 Å². The van der Waals surface area contributed by atoms with Crippen molar-refractivity contribution in [3.05, 3.63) is 24.3 Å². The number of alkyl halides is 3. The molecule has 1 aliphatic heterocycles. The molecular weight excluding hydrogens is 343 g/mol. The van der Waals surface area contributed by atoms with Crippen LogP contribution in [-0.2, 0) is 9.59 Å². The molecule has 1 heterocycles. The quantitative estimate of drug-likeness (QED) is 0.841. The van der Waals surface area contributed by atoms with Gasteiger partial charge in [0.05, 0.1) is 32.0 Å². The van der Waals surface area contributed by atoms with Gasteiger partial charge in [0.25, 0.3) is 0 Å². The van der Waals surface area contributed by atoms with Crippen LogP contribution in [-0.4, -0.2) is 54.9 Å². The van der Waals surface area contributed by atoms with Gasteiger partial charge in [-0.3, -0.25) is 9.59 Å². The number of nitrogens with zero attached hydrogens (tertiary/aromatic N) is 1. The molecule has 25 heavy (non-hydrogen) atoms. The Morgan fingerprint density at radius 3 is 2.28 bits per heavy atom. The Labute approximate surface area is 142 Å². The van der Waals surface area contributed by atoms with Gasteiger partial charge in [-0.1, -0.05) is 0 Å². The molecule has 1 fully saturated rings. The van der Waals surface area contributed by atoms with Gasteiger partial charge in [0, 0.05) is 13.1 Å². The summed E-state index contributed by atoms with van der Waals surface area (Å²) in [7, 11) is 1.52. The van der Waals surface area contributed by atoms with Crippen molar-refractivity contribution in [2.24, 2.45) is 11.8 Å². The maximum absolute atomic E-state index is 12.9. The maximum atomic E-state index is 12.9. The lowest BCUT2D eigenvalue weighted by Gasteiger charge is -2.18. The van der Waals surface area contributed by atoms with Gasteiger partial charge >= 0.3 is 12.1 Å². The maximum Gasteiger partial charge on any atom is 0.394 e. The van der Waals surface area contributed by atoms with E-state index in [0.717, 1.165) is 4.90 Å². The molecule has 1 saturated heterocycles. The molecule has 2 atom stereocenters. The first kappa shape index (κ1) is 18.9. The van der Waals surface area contributed by atoms with Crippen molar-refractivity contribution in [2.45, 2.75) is 12.6 Å². The number of hydrogen-bond acceptors (Lipinski definition) is 4. The first-order valence-electron chi connectivity index (χ1n) is 7.56. The number of carbonyl (C=O) groups is 2. The molecule has 1 aromatic carbocycles. The third-order valence-electron chi connectivity index (χ3n) is 4.05. The first-order valence-corrected chi connectivity index (χ1v) is 7.56. The van der Waals surface area contributed by atoms with Crippen LogP contribution in [0.2, 0.25) is 0 Å². The number of halogens is 3. The van der Waals surface area contributed by atoms with Crippen LogP contribution in [0.3, 0.4) is 0 Å². The molecule has 1 N–H and O–H groups in total. The van der Waals surface area contributed by atoms with E-state index in [-0.39, 0.29) is 13.0 Å². The fourth-order valence-electron chi connectivity index (χ4n) is 2.68. The zero-order chi connectivity index (χ0) is 18.6. The Morgan fingerprint density at radius 2 is 1.80 bits per heavy atom. The molecule has 0 unspecified atom stereocenters. The minimum absolute atomic E-state index is 0.0178. The van der Waals surface area contributed by atoms with Gasteiger partial charge < -0.3 is 19.5 Å². The van der Waals surface area contributed by atoms with Gasteiger partial charge in [-0.25, -0.2) is 0 Å². The van der Waals surface area contributed by atoms with Crippen molar-refractivity contribution in [3.63, 3.8) is 0 Å². The van der Waals surface area contributed by atoms with Crippen LogP contribution < -0.4 is 9.47 Å². The molecule has 9 heteroatoms. The van der Waals surface area contributed by atoms with Gasteiger partial charge in [0.15, 0.2) is 0 Å². The Hall–Kier alpha value is -2.45. The third-order valence-corrected chi connectivity index (χ3v) is 4.05. The second kappa shape index (κ2) is 7.62. The van der Waals surface area contributed by atoms with E-state index < -0.39 is 43.0 Å². The van der Waals surface area contributed by atoms with E-state index in [1.165, 1.54) is 7.11 Å². The predicted molar refractivity (Wildman–Crippen MR) is 80.4 cm³/mol. The zero-order valence-corrected chi connectivity index (χ0v) is 13.5. The van der Waals surface area contributed by atoms with E-state index in [9.17, 15) is 22.8 Å². The Bertz CT molecular complexity index is 617. The first-order chi connectivity index (χ1) is 11.7. The summed E-state index contributed by atoms with van der Waals surface area (Å²) in [5.41, 5.74) is 0. The van der Waals surface area contributed by atoms with Gasteiger partial charge in [0.1, 0.15) is 11.5 Å². The number of benzene rings is 1. The molecule has 6 nitrogen and oxygen atoms in total. The van der Waals surface area contributed by atoms with Crippen LogP contribution in [0, 0.1) is 11.8 Å². The summed E-state index contributed by atoms with van der Waals surface area (Å²) < 4.78 is 49.1. The number of likely N-dealkylation sites (tertiary alicyclic amines) is 1. The lowest BCUT2D eigenvalue weighted by atomic mass is 9.96. The summed E-state index contributed by atoms with van der Waals surface area (Å²) in [5, 5.41) is 8.94. The highest BCUT2D eigenvalue weighted by Crippen LogP contribution is 2.37. The summed E-state index contributed by atoms with van der Waals surface area (Å²) in [6, 6.07) is 6.62. The standard InChI is InChI=1S/C16H18F3NO5/c1-24-10-2-4-11(5-3-10)25-7-6-14(21)20-8-12(15(22)23)13(9-20)16(17,18)19/h2-5,12-13H,6-9H2,1H3,(H,22,23)/t12-,13-/m1/s1. The molecule has 0 spiro atoms. The molecule has 0 aliphatic carbocycles. The Morgan fingerprint density at radius 1 is 1.20 bits per heavy atom. The molecule has 0 saturated carbocycles. The van der Waals surface area contributed by atoms with Crippen LogP contribution in [0.5, 0.6) is 11.5 Å². The molecule has 138 valence electrons. The molecule has 1 aromatic rings. The summed E-state index contributed by atoms with van der Waals surface area (Å²) in [6.07, 6.45) is -4.79. The molecule has 1 amide bonds. The predicted octanol–water partition coefficient (Wildman–Crippen LogP) is 2.19. The molecular formula is C16H18F3NO5. The van der Waals surface area contributed by atoms with E-state index in [4.69, 9.17) is 14.6 Å². The van der Waals surface area contributed by atoms with Crippen molar-refractivity contribution in [2.75, 3.05) is 26.8 Å². The second-order valence-electron chi connectivity index (χ2n) is 5.67. The normalized spacial score (nSPS) is 20.4. The van der Waals surface area contributed by atoms with Crippen LogP contribution >= 0.6 is 0 Å². The molecule has 0 aromatic heterocycles. The summed E-state index contributed by atoms with van der Waals surface area (Å²) in [5.74, 6) is -4.66. The number of amides is 1. The summed E-state index contributed by atoms with van der Waals surface area (Å²) in [4.78, 5) is 24.0. The van der Waals surface area contributed by atoms with E-state index >= 15 is 0 Å². The zero-order valence-electron chi connectivity index (χ0n) is 13.5. The second-order valence-corrected chi connectivity index (χ2v) is 5.67. The fraction of sp³-hybridized carbons (Fsp3) is 0.500. The number of rotatable bonds is 6. The van der Waals surface area contributed by atoms with Gasteiger partial charge in [-0.15, -0.1) is 0 Å². The number of carboxylic acids is 1. The van der Waals surface area contributed by atoms with Crippen molar-refractivity contribution >= 4 is 11.9 Å². The topological polar surface area (TPSA) is 76.1 Å². The minimum atomic E-state index is -4.66. The monoisotopic (exact) mass is 361 g/mol. The molecule has 0 bridgehead atoms. The molecule has 1 aliphatic rings. The number of carboxylic acid groups (broad SMARTS) is 1. The van der Waals surface area contributed by atoms with E-state index in [1.54, 1.807) is 24.3 Å². The molecule has 0 radical (unpaired) electrons. The third kappa shape index (κ3) is 4.77. The number of carbonyl (C=O) groups excluding carboxylic acids is 1. The number of methoxy groups -OCH3 is 1. The van der Waals surface area contributed by atoms with Crippen LogP contribution in [0.25, 0.3) is 0 Å². The van der Waals surface area contributed by atoms with Crippen molar-refractivity contribution in [1.29, 1.82) is 0 Å². The highest BCUT2D eigenvalue weighted by molar-refractivity contribution is 5.79. The van der Waals surface area contributed by atoms with Crippen molar-refractivity contribution in [1.82, 2.24) is 4.90 Å². The van der Waals surface area contributed by atoms with E-state index in [2.05, 4.69) is 0 Å².